The number of hydrogen-bond donors (Lipinski definition) is 2. The fourth-order valence-electron chi connectivity index (χ4n) is 1.92. The first-order chi connectivity index (χ1) is 5.79. The second-order valence-corrected chi connectivity index (χ2v) is 3.62. The highest BCUT2D eigenvalue weighted by Gasteiger charge is 2.24. The van der Waals surface area contributed by atoms with Gasteiger partial charge in [0.25, 0.3) is 0 Å². The Hall–Kier alpha value is -0.120. The molecule has 0 heterocycles. The van der Waals surface area contributed by atoms with Gasteiger partial charge in [-0.1, -0.05) is 12.8 Å². The highest BCUT2D eigenvalue weighted by molar-refractivity contribution is 4.79. The number of aliphatic hydroxyl groups excluding tert-OH is 2. The van der Waals surface area contributed by atoms with Crippen LogP contribution in [0.4, 0.5) is 0 Å². The minimum absolute atomic E-state index is 0.0590. The third-order valence-corrected chi connectivity index (χ3v) is 2.90. The van der Waals surface area contributed by atoms with E-state index in [0.29, 0.717) is 6.04 Å². The minimum Gasteiger partial charge on any atom is -0.395 e. The fourth-order valence-corrected chi connectivity index (χ4v) is 1.92. The summed E-state index contributed by atoms with van der Waals surface area (Å²) in [6, 6.07) is 0.516. The summed E-state index contributed by atoms with van der Waals surface area (Å²) < 4.78 is 0. The van der Waals surface area contributed by atoms with Crippen LogP contribution in [0.25, 0.3) is 0 Å². The van der Waals surface area contributed by atoms with Crippen molar-refractivity contribution in [2.24, 2.45) is 0 Å². The summed E-state index contributed by atoms with van der Waals surface area (Å²) in [5.41, 5.74) is 0. The van der Waals surface area contributed by atoms with Crippen molar-refractivity contribution in [2.75, 3.05) is 20.3 Å². The predicted octanol–water partition coefficient (Wildman–Crippen LogP) is 0.214. The first kappa shape index (κ1) is 9.96. The number of nitrogens with zero attached hydrogens (tertiary/aromatic N) is 1. The van der Waals surface area contributed by atoms with Crippen LogP contribution < -0.4 is 0 Å². The average Bonchev–Trinajstić information content (AvgIpc) is 2.58. The molecule has 0 saturated heterocycles. The molecule has 0 radical (unpaired) electrons. The van der Waals surface area contributed by atoms with Gasteiger partial charge < -0.3 is 10.2 Å². The van der Waals surface area contributed by atoms with Crippen LogP contribution in [0.3, 0.4) is 0 Å². The molecule has 3 heteroatoms. The van der Waals surface area contributed by atoms with E-state index >= 15 is 0 Å². The van der Waals surface area contributed by atoms with Gasteiger partial charge in [0.05, 0.1) is 19.3 Å². The van der Waals surface area contributed by atoms with Gasteiger partial charge >= 0.3 is 0 Å². The molecular formula is C9H19NO2. The molecule has 1 rings (SSSR count). The van der Waals surface area contributed by atoms with Crippen molar-refractivity contribution in [3.8, 4) is 0 Å². The molecule has 1 aliphatic rings. The predicted molar refractivity (Wildman–Crippen MR) is 48.0 cm³/mol. The molecule has 72 valence electrons. The van der Waals surface area contributed by atoms with E-state index in [4.69, 9.17) is 10.2 Å². The Bertz CT molecular complexity index is 118. The molecule has 0 unspecified atom stereocenters. The zero-order valence-corrected chi connectivity index (χ0v) is 7.74. The normalized spacial score (nSPS) is 19.8. The molecule has 3 nitrogen and oxygen atoms in total. The van der Waals surface area contributed by atoms with E-state index in [2.05, 4.69) is 4.90 Å². The number of rotatable bonds is 4. The van der Waals surface area contributed by atoms with Crippen molar-refractivity contribution in [2.45, 2.75) is 37.8 Å². The fraction of sp³-hybridized carbons (Fsp3) is 1.00. The molecule has 2 N–H and O–H groups in total. The Morgan fingerprint density at radius 2 is 1.75 bits per heavy atom. The van der Waals surface area contributed by atoms with E-state index in [-0.39, 0.29) is 19.3 Å². The lowest BCUT2D eigenvalue weighted by atomic mass is 10.1. The Morgan fingerprint density at radius 3 is 2.17 bits per heavy atom. The second-order valence-electron chi connectivity index (χ2n) is 3.62. The first-order valence-corrected chi connectivity index (χ1v) is 4.73. The lowest BCUT2D eigenvalue weighted by Crippen LogP contribution is -2.43. The number of hydrogen-bond acceptors (Lipinski definition) is 3. The lowest BCUT2D eigenvalue weighted by Gasteiger charge is -2.30. The SMILES string of the molecule is CN(C(CO)CO)C1CCCC1. The van der Waals surface area contributed by atoms with Gasteiger partial charge in [-0.2, -0.15) is 0 Å². The molecule has 0 amide bonds. The molecule has 1 saturated carbocycles. The molecule has 0 atom stereocenters. The van der Waals surface area contributed by atoms with Gasteiger partial charge in [0.1, 0.15) is 0 Å². The van der Waals surface area contributed by atoms with E-state index < -0.39 is 0 Å². The topological polar surface area (TPSA) is 43.7 Å². The summed E-state index contributed by atoms with van der Waals surface area (Å²) >= 11 is 0. The van der Waals surface area contributed by atoms with Crippen LogP contribution in [0.1, 0.15) is 25.7 Å². The molecule has 1 aliphatic carbocycles. The number of aliphatic hydroxyl groups is 2. The van der Waals surface area contributed by atoms with Crippen molar-refractivity contribution in [1.29, 1.82) is 0 Å². The molecule has 12 heavy (non-hydrogen) atoms. The maximum Gasteiger partial charge on any atom is 0.0609 e. The van der Waals surface area contributed by atoms with Crippen LogP contribution in [0, 0.1) is 0 Å². The molecule has 0 aromatic carbocycles. The molecule has 1 fully saturated rings. The van der Waals surface area contributed by atoms with E-state index in [1.54, 1.807) is 0 Å². The third-order valence-electron chi connectivity index (χ3n) is 2.90. The van der Waals surface area contributed by atoms with Crippen LogP contribution in [0.2, 0.25) is 0 Å². The van der Waals surface area contributed by atoms with Crippen molar-refractivity contribution < 1.29 is 10.2 Å². The standard InChI is InChI=1S/C9H19NO2/c1-10(9(6-11)7-12)8-4-2-3-5-8/h8-9,11-12H,2-7H2,1H3. The van der Waals surface area contributed by atoms with Gasteiger partial charge in [-0.3, -0.25) is 4.90 Å². The van der Waals surface area contributed by atoms with Gasteiger partial charge in [-0.15, -0.1) is 0 Å². The molecular weight excluding hydrogens is 154 g/mol. The maximum absolute atomic E-state index is 8.96. The van der Waals surface area contributed by atoms with Crippen LogP contribution in [0.15, 0.2) is 0 Å². The van der Waals surface area contributed by atoms with E-state index in [9.17, 15) is 0 Å². The summed E-state index contributed by atoms with van der Waals surface area (Å²) in [5.74, 6) is 0. The Morgan fingerprint density at radius 1 is 1.25 bits per heavy atom. The molecule has 0 aliphatic heterocycles. The van der Waals surface area contributed by atoms with Crippen molar-refractivity contribution in [1.82, 2.24) is 4.90 Å². The van der Waals surface area contributed by atoms with Crippen molar-refractivity contribution >= 4 is 0 Å². The summed E-state index contributed by atoms with van der Waals surface area (Å²) in [7, 11) is 1.99. The zero-order valence-electron chi connectivity index (χ0n) is 7.74. The second kappa shape index (κ2) is 4.80. The van der Waals surface area contributed by atoms with Crippen LogP contribution in [-0.2, 0) is 0 Å². The van der Waals surface area contributed by atoms with E-state index in [1.165, 1.54) is 25.7 Å². The van der Waals surface area contributed by atoms with E-state index in [0.717, 1.165) is 0 Å². The Labute approximate surface area is 74.0 Å². The van der Waals surface area contributed by atoms with Crippen LogP contribution >= 0.6 is 0 Å². The quantitative estimate of drug-likeness (QED) is 0.639. The van der Waals surface area contributed by atoms with Gasteiger partial charge in [-0.25, -0.2) is 0 Å². The molecule has 0 aromatic rings. The van der Waals surface area contributed by atoms with Gasteiger partial charge in [0.2, 0.25) is 0 Å². The lowest BCUT2D eigenvalue weighted by molar-refractivity contribution is 0.0652. The van der Waals surface area contributed by atoms with Crippen LogP contribution in [0.5, 0.6) is 0 Å². The average molecular weight is 173 g/mol. The highest BCUT2D eigenvalue weighted by Crippen LogP contribution is 2.23. The van der Waals surface area contributed by atoms with Gasteiger partial charge in [-0.05, 0) is 19.9 Å². The zero-order chi connectivity index (χ0) is 8.97. The summed E-state index contributed by atoms with van der Waals surface area (Å²) in [6.07, 6.45) is 5.01. The summed E-state index contributed by atoms with van der Waals surface area (Å²) in [6.45, 7) is 0.118. The third kappa shape index (κ3) is 2.19. The minimum atomic E-state index is -0.0619. The highest BCUT2D eigenvalue weighted by atomic mass is 16.3. The van der Waals surface area contributed by atoms with E-state index in [1.807, 2.05) is 7.05 Å². The van der Waals surface area contributed by atoms with Crippen molar-refractivity contribution in [3.05, 3.63) is 0 Å². The van der Waals surface area contributed by atoms with Crippen LogP contribution in [-0.4, -0.2) is 47.5 Å². The molecule has 0 aromatic heterocycles. The molecule has 0 spiro atoms. The molecule has 0 bridgehead atoms. The van der Waals surface area contributed by atoms with Crippen molar-refractivity contribution in [3.63, 3.8) is 0 Å². The largest absolute Gasteiger partial charge is 0.395 e. The maximum atomic E-state index is 8.96. The Balaban J connectivity index is 2.37. The number of likely N-dealkylation sites (N-methyl/N-ethyl adjacent to an activating group) is 1. The summed E-state index contributed by atoms with van der Waals surface area (Å²) in [4.78, 5) is 2.12. The monoisotopic (exact) mass is 173 g/mol. The van der Waals surface area contributed by atoms with Gasteiger partial charge in [0.15, 0.2) is 0 Å². The first-order valence-electron chi connectivity index (χ1n) is 4.73. The Kier molecular flexibility index (Phi) is 3.98. The van der Waals surface area contributed by atoms with Gasteiger partial charge in [0, 0.05) is 6.04 Å². The summed E-state index contributed by atoms with van der Waals surface area (Å²) in [5, 5.41) is 17.9. The smallest absolute Gasteiger partial charge is 0.0609 e.